The van der Waals surface area contributed by atoms with Crippen molar-refractivity contribution in [3.05, 3.63) is 53.7 Å². The molecule has 88 valence electrons. The standard InChI is InChI=1S/C14H14ClNO/c1-2-11-3-5-13(6-4-11)17-14-9-12(10-15)7-8-16-14/h3-9H,2,10H2,1H3. The predicted octanol–water partition coefficient (Wildman–Crippen LogP) is 4.18. The minimum absolute atomic E-state index is 0.466. The molecule has 0 spiro atoms. The summed E-state index contributed by atoms with van der Waals surface area (Å²) in [5.74, 6) is 1.84. The van der Waals surface area contributed by atoms with Crippen LogP contribution in [-0.4, -0.2) is 4.98 Å². The molecule has 0 aliphatic heterocycles. The molecular formula is C14H14ClNO. The largest absolute Gasteiger partial charge is 0.439 e. The average molecular weight is 248 g/mol. The van der Waals surface area contributed by atoms with E-state index in [0.717, 1.165) is 17.7 Å². The molecule has 0 N–H and O–H groups in total. The van der Waals surface area contributed by atoms with Gasteiger partial charge < -0.3 is 4.74 Å². The lowest BCUT2D eigenvalue weighted by Gasteiger charge is -2.06. The van der Waals surface area contributed by atoms with E-state index in [0.29, 0.717) is 11.8 Å². The van der Waals surface area contributed by atoms with Crippen LogP contribution in [0.3, 0.4) is 0 Å². The van der Waals surface area contributed by atoms with Crippen LogP contribution in [0.4, 0.5) is 0 Å². The fourth-order valence-electron chi connectivity index (χ4n) is 1.50. The number of nitrogens with zero attached hydrogens (tertiary/aromatic N) is 1. The Morgan fingerprint density at radius 1 is 1.12 bits per heavy atom. The summed E-state index contributed by atoms with van der Waals surface area (Å²) in [5.41, 5.74) is 2.29. The molecule has 0 unspecified atom stereocenters. The molecule has 0 atom stereocenters. The molecule has 0 aliphatic carbocycles. The molecule has 1 aromatic heterocycles. The predicted molar refractivity (Wildman–Crippen MR) is 69.7 cm³/mol. The Hall–Kier alpha value is -1.54. The second-order valence-electron chi connectivity index (χ2n) is 3.74. The SMILES string of the molecule is CCc1ccc(Oc2cc(CCl)ccn2)cc1. The Morgan fingerprint density at radius 2 is 1.88 bits per heavy atom. The Morgan fingerprint density at radius 3 is 2.53 bits per heavy atom. The van der Waals surface area contributed by atoms with E-state index in [1.165, 1.54) is 5.56 Å². The maximum Gasteiger partial charge on any atom is 0.219 e. The number of ether oxygens (including phenoxy) is 1. The Labute approximate surface area is 106 Å². The topological polar surface area (TPSA) is 22.1 Å². The first kappa shape index (κ1) is 11.9. The third-order valence-corrected chi connectivity index (χ3v) is 2.82. The minimum atomic E-state index is 0.466. The molecule has 2 rings (SSSR count). The van der Waals surface area contributed by atoms with Crippen LogP contribution in [0, 0.1) is 0 Å². The number of hydrogen-bond acceptors (Lipinski definition) is 2. The molecule has 1 aromatic carbocycles. The van der Waals surface area contributed by atoms with Gasteiger partial charge in [0.2, 0.25) is 5.88 Å². The fourth-order valence-corrected chi connectivity index (χ4v) is 1.67. The normalized spacial score (nSPS) is 10.2. The van der Waals surface area contributed by atoms with Crippen LogP contribution in [0.2, 0.25) is 0 Å². The number of alkyl halides is 1. The van der Waals surface area contributed by atoms with Crippen LogP contribution in [-0.2, 0) is 12.3 Å². The zero-order chi connectivity index (χ0) is 12.1. The molecule has 2 nitrogen and oxygen atoms in total. The van der Waals surface area contributed by atoms with Crippen LogP contribution < -0.4 is 4.74 Å². The lowest BCUT2D eigenvalue weighted by molar-refractivity contribution is 0.462. The van der Waals surface area contributed by atoms with E-state index in [4.69, 9.17) is 16.3 Å². The summed E-state index contributed by atoms with van der Waals surface area (Å²) in [5, 5.41) is 0. The number of aromatic nitrogens is 1. The molecule has 0 aliphatic rings. The summed E-state index contributed by atoms with van der Waals surface area (Å²) < 4.78 is 5.65. The monoisotopic (exact) mass is 247 g/mol. The molecule has 0 radical (unpaired) electrons. The smallest absolute Gasteiger partial charge is 0.219 e. The first-order valence-corrected chi connectivity index (χ1v) is 6.13. The van der Waals surface area contributed by atoms with Gasteiger partial charge in [0.15, 0.2) is 0 Å². The average Bonchev–Trinajstić information content (AvgIpc) is 2.40. The van der Waals surface area contributed by atoms with Crippen molar-refractivity contribution in [3.63, 3.8) is 0 Å². The zero-order valence-corrected chi connectivity index (χ0v) is 10.4. The van der Waals surface area contributed by atoms with Gasteiger partial charge in [0.05, 0.1) is 0 Å². The molecule has 17 heavy (non-hydrogen) atoms. The maximum atomic E-state index is 5.76. The van der Waals surface area contributed by atoms with Gasteiger partial charge in [-0.05, 0) is 35.7 Å². The van der Waals surface area contributed by atoms with Gasteiger partial charge in [0.1, 0.15) is 5.75 Å². The molecule has 0 saturated heterocycles. The van der Waals surface area contributed by atoms with Gasteiger partial charge in [-0.15, -0.1) is 11.6 Å². The highest BCUT2D eigenvalue weighted by Gasteiger charge is 2.00. The molecule has 0 fully saturated rings. The van der Waals surface area contributed by atoms with Crippen LogP contribution in [0.25, 0.3) is 0 Å². The summed E-state index contributed by atoms with van der Waals surface area (Å²) in [6, 6.07) is 11.7. The Balaban J connectivity index is 2.13. The Kier molecular flexibility index (Phi) is 3.99. The summed E-state index contributed by atoms with van der Waals surface area (Å²) in [4.78, 5) is 4.14. The lowest BCUT2D eigenvalue weighted by Crippen LogP contribution is -1.89. The van der Waals surface area contributed by atoms with Crippen molar-refractivity contribution in [1.29, 1.82) is 0 Å². The van der Waals surface area contributed by atoms with Gasteiger partial charge in [-0.3, -0.25) is 0 Å². The third-order valence-electron chi connectivity index (χ3n) is 2.51. The van der Waals surface area contributed by atoms with Gasteiger partial charge in [-0.2, -0.15) is 0 Å². The van der Waals surface area contributed by atoms with E-state index in [2.05, 4.69) is 24.0 Å². The van der Waals surface area contributed by atoms with Crippen molar-refractivity contribution in [1.82, 2.24) is 4.98 Å². The molecule has 3 heteroatoms. The number of halogens is 1. The molecule has 0 saturated carbocycles. The van der Waals surface area contributed by atoms with Crippen molar-refractivity contribution >= 4 is 11.6 Å². The number of hydrogen-bond donors (Lipinski definition) is 0. The summed E-state index contributed by atoms with van der Waals surface area (Å²) in [6.45, 7) is 2.13. The van der Waals surface area contributed by atoms with Crippen LogP contribution in [0.15, 0.2) is 42.6 Å². The van der Waals surface area contributed by atoms with Gasteiger partial charge >= 0.3 is 0 Å². The van der Waals surface area contributed by atoms with Gasteiger partial charge in [-0.1, -0.05) is 19.1 Å². The molecule has 0 bridgehead atoms. The number of rotatable bonds is 4. The molecular weight excluding hydrogens is 234 g/mol. The van der Waals surface area contributed by atoms with Gasteiger partial charge in [0.25, 0.3) is 0 Å². The van der Waals surface area contributed by atoms with Crippen molar-refractivity contribution in [3.8, 4) is 11.6 Å². The minimum Gasteiger partial charge on any atom is -0.439 e. The summed E-state index contributed by atoms with van der Waals surface area (Å²) in [6.07, 6.45) is 2.73. The molecule has 1 heterocycles. The number of pyridine rings is 1. The first-order chi connectivity index (χ1) is 8.31. The Bertz CT molecular complexity index is 482. The highest BCUT2D eigenvalue weighted by atomic mass is 35.5. The van der Waals surface area contributed by atoms with E-state index in [1.807, 2.05) is 24.3 Å². The number of benzene rings is 1. The maximum absolute atomic E-state index is 5.76. The van der Waals surface area contributed by atoms with Crippen LogP contribution >= 0.6 is 11.6 Å². The van der Waals surface area contributed by atoms with E-state index >= 15 is 0 Å². The van der Waals surface area contributed by atoms with E-state index < -0.39 is 0 Å². The second-order valence-corrected chi connectivity index (χ2v) is 4.00. The van der Waals surface area contributed by atoms with E-state index in [1.54, 1.807) is 6.20 Å². The van der Waals surface area contributed by atoms with Crippen LogP contribution in [0.1, 0.15) is 18.1 Å². The fraction of sp³-hybridized carbons (Fsp3) is 0.214. The molecule has 2 aromatic rings. The van der Waals surface area contributed by atoms with Crippen molar-refractivity contribution in [2.75, 3.05) is 0 Å². The summed E-state index contributed by atoms with van der Waals surface area (Å²) >= 11 is 5.76. The zero-order valence-electron chi connectivity index (χ0n) is 9.69. The molecule has 0 amide bonds. The van der Waals surface area contributed by atoms with Crippen LogP contribution in [0.5, 0.6) is 11.6 Å². The van der Waals surface area contributed by atoms with Gasteiger partial charge in [0, 0.05) is 18.1 Å². The number of aryl methyl sites for hydroxylation is 1. The van der Waals surface area contributed by atoms with Crippen molar-refractivity contribution in [2.45, 2.75) is 19.2 Å². The highest BCUT2D eigenvalue weighted by molar-refractivity contribution is 6.17. The highest BCUT2D eigenvalue weighted by Crippen LogP contribution is 2.21. The quantitative estimate of drug-likeness (QED) is 0.757. The first-order valence-electron chi connectivity index (χ1n) is 5.59. The van der Waals surface area contributed by atoms with Crippen molar-refractivity contribution < 1.29 is 4.74 Å². The summed E-state index contributed by atoms with van der Waals surface area (Å²) in [7, 11) is 0. The third kappa shape index (κ3) is 3.21. The van der Waals surface area contributed by atoms with E-state index in [9.17, 15) is 0 Å². The lowest BCUT2D eigenvalue weighted by atomic mass is 10.2. The second kappa shape index (κ2) is 5.69. The van der Waals surface area contributed by atoms with E-state index in [-0.39, 0.29) is 0 Å². The van der Waals surface area contributed by atoms with Gasteiger partial charge in [-0.25, -0.2) is 4.98 Å². The van der Waals surface area contributed by atoms with Crippen molar-refractivity contribution in [2.24, 2.45) is 0 Å².